The number of benzene rings is 3. The number of ether oxygens (including phenoxy) is 1. The molecule has 3 aromatic rings. The molecule has 34 heavy (non-hydrogen) atoms. The van der Waals surface area contributed by atoms with E-state index >= 15 is 0 Å². The number of carbonyl (C=O) groups is 1. The highest BCUT2D eigenvalue weighted by Crippen LogP contribution is 2.47. The molecule has 2 N–H and O–H groups in total. The molecule has 2 aliphatic rings. The molecule has 0 radical (unpaired) electrons. The van der Waals surface area contributed by atoms with E-state index in [4.69, 9.17) is 10.5 Å². The molecule has 2 fully saturated rings. The van der Waals surface area contributed by atoms with Gasteiger partial charge in [-0.15, -0.1) is 0 Å². The largest absolute Gasteiger partial charge is 0.375 e. The second kappa shape index (κ2) is 8.48. The van der Waals surface area contributed by atoms with Crippen LogP contribution in [0.5, 0.6) is 0 Å². The van der Waals surface area contributed by atoms with Crippen LogP contribution in [0.3, 0.4) is 0 Å². The van der Waals surface area contributed by atoms with Crippen molar-refractivity contribution in [2.45, 2.75) is 42.1 Å². The summed E-state index contributed by atoms with van der Waals surface area (Å²) in [5.41, 5.74) is 5.54. The number of nitrogens with zero attached hydrogens (tertiary/aromatic N) is 1. The van der Waals surface area contributed by atoms with Crippen LogP contribution in [-0.2, 0) is 25.0 Å². The quantitative estimate of drug-likeness (QED) is 0.603. The van der Waals surface area contributed by atoms with E-state index in [0.717, 1.165) is 16.3 Å². The molecule has 1 unspecified atom stereocenters. The summed E-state index contributed by atoms with van der Waals surface area (Å²) in [5.74, 6) is -0.420. The number of piperidine rings is 1. The van der Waals surface area contributed by atoms with Gasteiger partial charge in [-0.05, 0) is 54.7 Å². The van der Waals surface area contributed by atoms with Gasteiger partial charge in [-0.2, -0.15) is 4.31 Å². The van der Waals surface area contributed by atoms with Crippen LogP contribution < -0.4 is 5.73 Å². The molecular weight excluding hydrogens is 448 g/mol. The molecule has 178 valence electrons. The third kappa shape index (κ3) is 3.82. The Morgan fingerprint density at radius 2 is 1.65 bits per heavy atom. The third-order valence-electron chi connectivity index (χ3n) is 7.90. The Hall–Kier alpha value is -2.74. The maximum atomic E-state index is 13.4. The summed E-state index contributed by atoms with van der Waals surface area (Å²) in [4.78, 5) is 12.9. The molecular formula is C27H30N2O4S. The first-order valence-corrected chi connectivity index (χ1v) is 13.2. The Bertz CT molecular complexity index is 1320. The first-order valence-electron chi connectivity index (χ1n) is 11.7. The number of carbonyl (C=O) groups excluding carboxylic acids is 1. The van der Waals surface area contributed by atoms with Gasteiger partial charge < -0.3 is 10.5 Å². The van der Waals surface area contributed by atoms with Crippen LogP contribution in [0.25, 0.3) is 10.8 Å². The van der Waals surface area contributed by atoms with Gasteiger partial charge in [-0.25, -0.2) is 8.42 Å². The number of primary amides is 1. The fraction of sp³-hybridized carbons (Fsp3) is 0.370. The number of fused-ring (bicyclic) bond motifs is 1. The van der Waals surface area contributed by atoms with E-state index in [2.05, 4.69) is 0 Å². The van der Waals surface area contributed by atoms with Crippen LogP contribution in [0.1, 0.15) is 31.7 Å². The van der Waals surface area contributed by atoms with Crippen molar-refractivity contribution < 1.29 is 17.9 Å². The monoisotopic (exact) mass is 478 g/mol. The SMILES string of the molecule is C[C@@](C(N)=O)(c1ccccc1)C1COC2(CCN(S(=O)(=O)c3ccc4ccccc4c3)CC2)C1. The summed E-state index contributed by atoms with van der Waals surface area (Å²) >= 11 is 0. The molecule has 2 aliphatic heterocycles. The molecule has 3 aromatic carbocycles. The van der Waals surface area contributed by atoms with Crippen molar-refractivity contribution in [3.8, 4) is 0 Å². The summed E-state index contributed by atoms with van der Waals surface area (Å²) in [6, 6.07) is 22.7. The maximum absolute atomic E-state index is 13.4. The van der Waals surface area contributed by atoms with Crippen LogP contribution in [0.4, 0.5) is 0 Å². The smallest absolute Gasteiger partial charge is 0.243 e. The lowest BCUT2D eigenvalue weighted by Gasteiger charge is -2.39. The molecule has 0 bridgehead atoms. The van der Waals surface area contributed by atoms with Gasteiger partial charge >= 0.3 is 0 Å². The Kier molecular flexibility index (Phi) is 5.74. The first-order chi connectivity index (χ1) is 16.2. The lowest BCUT2D eigenvalue weighted by Crippen LogP contribution is -2.48. The standard InChI is InChI=1S/C27H30N2O4S/c1-26(25(28)30,22-9-3-2-4-10-22)23-18-27(33-19-23)13-15-29(16-14-27)34(31,32)24-12-11-20-7-5-6-8-21(20)17-24/h2-12,17,23H,13-16,18-19H2,1H3,(H2,28,30)/t23?,26-/m1/s1. The Morgan fingerprint density at radius 3 is 2.32 bits per heavy atom. The normalized spacial score (nSPS) is 22.6. The van der Waals surface area contributed by atoms with Gasteiger partial charge in [0, 0.05) is 19.0 Å². The van der Waals surface area contributed by atoms with E-state index in [1.54, 1.807) is 16.4 Å². The van der Waals surface area contributed by atoms with E-state index in [1.165, 1.54) is 0 Å². The van der Waals surface area contributed by atoms with E-state index < -0.39 is 21.0 Å². The number of sulfonamides is 1. The van der Waals surface area contributed by atoms with E-state index in [0.29, 0.717) is 43.9 Å². The zero-order valence-corrected chi connectivity index (χ0v) is 20.1. The minimum Gasteiger partial charge on any atom is -0.375 e. The molecule has 7 heteroatoms. The molecule has 0 saturated carbocycles. The third-order valence-corrected chi connectivity index (χ3v) is 9.80. The van der Waals surface area contributed by atoms with Crippen LogP contribution in [0.15, 0.2) is 77.7 Å². The van der Waals surface area contributed by atoms with Crippen molar-refractivity contribution in [2.24, 2.45) is 11.7 Å². The lowest BCUT2D eigenvalue weighted by atomic mass is 9.68. The molecule has 2 heterocycles. The van der Waals surface area contributed by atoms with E-state index in [1.807, 2.05) is 67.6 Å². The maximum Gasteiger partial charge on any atom is 0.243 e. The highest BCUT2D eigenvalue weighted by Gasteiger charge is 2.52. The molecule has 0 aromatic heterocycles. The first kappa shape index (κ1) is 23.0. The fourth-order valence-electron chi connectivity index (χ4n) is 5.54. The van der Waals surface area contributed by atoms with Crippen LogP contribution in [-0.4, -0.2) is 43.9 Å². The van der Waals surface area contributed by atoms with Gasteiger partial charge in [0.25, 0.3) is 0 Å². The highest BCUT2D eigenvalue weighted by molar-refractivity contribution is 7.89. The molecule has 5 rings (SSSR count). The molecule has 6 nitrogen and oxygen atoms in total. The second-order valence-electron chi connectivity index (χ2n) is 9.74. The predicted octanol–water partition coefficient (Wildman–Crippen LogP) is 3.84. The van der Waals surface area contributed by atoms with Gasteiger partial charge in [0.1, 0.15) is 0 Å². The molecule has 2 atom stereocenters. The highest BCUT2D eigenvalue weighted by atomic mass is 32.2. The van der Waals surface area contributed by atoms with Crippen molar-refractivity contribution in [2.75, 3.05) is 19.7 Å². The molecule has 2 saturated heterocycles. The summed E-state index contributed by atoms with van der Waals surface area (Å²) in [6.45, 7) is 3.11. The minimum atomic E-state index is -3.59. The van der Waals surface area contributed by atoms with Crippen LogP contribution in [0, 0.1) is 5.92 Å². The number of rotatable bonds is 5. The van der Waals surface area contributed by atoms with Gasteiger partial charge in [0.15, 0.2) is 0 Å². The summed E-state index contributed by atoms with van der Waals surface area (Å²) < 4.78 is 34.6. The number of hydrogen-bond acceptors (Lipinski definition) is 4. The van der Waals surface area contributed by atoms with E-state index in [-0.39, 0.29) is 11.8 Å². The average Bonchev–Trinajstić information content (AvgIpc) is 3.27. The number of nitrogens with two attached hydrogens (primary N) is 1. The number of hydrogen-bond donors (Lipinski definition) is 1. The van der Waals surface area contributed by atoms with Crippen LogP contribution >= 0.6 is 0 Å². The summed E-state index contributed by atoms with van der Waals surface area (Å²) in [5, 5.41) is 1.92. The summed E-state index contributed by atoms with van der Waals surface area (Å²) in [7, 11) is -3.59. The Balaban J connectivity index is 1.32. The Morgan fingerprint density at radius 1 is 1.00 bits per heavy atom. The molecule has 1 spiro atoms. The van der Waals surface area contributed by atoms with E-state index in [9.17, 15) is 13.2 Å². The molecule has 0 aliphatic carbocycles. The van der Waals surface area contributed by atoms with Crippen molar-refractivity contribution in [1.82, 2.24) is 4.31 Å². The van der Waals surface area contributed by atoms with Crippen molar-refractivity contribution >= 4 is 26.7 Å². The van der Waals surface area contributed by atoms with Crippen LogP contribution in [0.2, 0.25) is 0 Å². The predicted molar refractivity (Wildman–Crippen MR) is 132 cm³/mol. The van der Waals surface area contributed by atoms with Crippen molar-refractivity contribution in [3.63, 3.8) is 0 Å². The lowest BCUT2D eigenvalue weighted by molar-refractivity contribution is -0.125. The summed E-state index contributed by atoms with van der Waals surface area (Å²) in [6.07, 6.45) is 1.88. The van der Waals surface area contributed by atoms with Gasteiger partial charge in [0.2, 0.25) is 15.9 Å². The fourth-order valence-corrected chi connectivity index (χ4v) is 7.02. The minimum absolute atomic E-state index is 0.0592. The van der Waals surface area contributed by atoms with Gasteiger partial charge in [0.05, 0.1) is 22.5 Å². The topological polar surface area (TPSA) is 89.7 Å². The second-order valence-corrected chi connectivity index (χ2v) is 11.7. The number of amides is 1. The Labute approximate surface area is 200 Å². The zero-order chi connectivity index (χ0) is 24.0. The van der Waals surface area contributed by atoms with Gasteiger partial charge in [-0.3, -0.25) is 4.79 Å². The van der Waals surface area contributed by atoms with Crippen molar-refractivity contribution in [3.05, 3.63) is 78.4 Å². The molecule has 1 amide bonds. The zero-order valence-electron chi connectivity index (χ0n) is 19.3. The van der Waals surface area contributed by atoms with Gasteiger partial charge in [-0.1, -0.05) is 60.7 Å². The van der Waals surface area contributed by atoms with Crippen molar-refractivity contribution in [1.29, 1.82) is 0 Å². The average molecular weight is 479 g/mol.